The fourth-order valence-electron chi connectivity index (χ4n) is 2.46. The number of aliphatic hydroxyl groups is 1. The third-order valence-corrected chi connectivity index (χ3v) is 4.63. The third kappa shape index (κ3) is 11.1. The highest BCUT2D eigenvalue weighted by atomic mass is 16.4. The van der Waals surface area contributed by atoms with Gasteiger partial charge in [0.2, 0.25) is 17.7 Å². The number of hydrogen-bond donors (Lipinski definition) is 8. The van der Waals surface area contributed by atoms with Crippen LogP contribution in [0.1, 0.15) is 40.0 Å². The SMILES string of the molecule is CCC(C)C(N)C(=O)NC(CCCN=C(N)N)C(=O)NCC(=O)NC(C(=O)O)C(C)O. The Bertz CT molecular complexity index is 651. The van der Waals surface area contributed by atoms with Gasteiger partial charge < -0.3 is 43.4 Å². The van der Waals surface area contributed by atoms with Gasteiger partial charge in [0.1, 0.15) is 6.04 Å². The zero-order valence-corrected chi connectivity index (χ0v) is 18.1. The van der Waals surface area contributed by atoms with Crippen LogP contribution >= 0.6 is 0 Å². The molecule has 5 atom stereocenters. The number of carbonyl (C=O) groups excluding carboxylic acids is 3. The Hall–Kier alpha value is -2.93. The summed E-state index contributed by atoms with van der Waals surface area (Å²) in [6.07, 6.45) is -0.120. The summed E-state index contributed by atoms with van der Waals surface area (Å²) >= 11 is 0. The molecule has 178 valence electrons. The van der Waals surface area contributed by atoms with E-state index in [1.165, 1.54) is 6.92 Å². The normalized spacial score (nSPS) is 15.5. The van der Waals surface area contributed by atoms with Gasteiger partial charge in [-0.3, -0.25) is 19.4 Å². The number of guanidine groups is 1. The number of amides is 3. The molecular formula is C18H35N7O6. The minimum absolute atomic E-state index is 0.105. The average molecular weight is 446 g/mol. The van der Waals surface area contributed by atoms with E-state index in [0.29, 0.717) is 12.8 Å². The van der Waals surface area contributed by atoms with E-state index in [1.54, 1.807) is 0 Å². The van der Waals surface area contributed by atoms with Gasteiger partial charge in [0, 0.05) is 6.54 Å². The second-order valence-electron chi connectivity index (χ2n) is 7.26. The maximum atomic E-state index is 12.5. The summed E-state index contributed by atoms with van der Waals surface area (Å²) in [5.74, 6) is -3.62. The van der Waals surface area contributed by atoms with Gasteiger partial charge in [0.25, 0.3) is 0 Å². The Kier molecular flexibility index (Phi) is 12.8. The standard InChI is InChI=1S/C18H35N7O6/c1-4-9(2)13(19)16(29)24-11(6-5-7-22-18(20)21)15(28)23-8-12(27)25-14(10(3)26)17(30)31/h9-11,13-14,26H,4-8,19H2,1-3H3,(H,23,28)(H,24,29)(H,25,27)(H,30,31)(H4,20,21,22). The molecule has 0 aliphatic carbocycles. The molecule has 11 N–H and O–H groups in total. The van der Waals surface area contributed by atoms with Crippen LogP contribution in [0.4, 0.5) is 0 Å². The number of aliphatic imine (C=N–C) groups is 1. The Morgan fingerprint density at radius 3 is 2.16 bits per heavy atom. The first-order chi connectivity index (χ1) is 14.4. The monoisotopic (exact) mass is 445 g/mol. The van der Waals surface area contributed by atoms with E-state index in [0.717, 1.165) is 0 Å². The highest BCUT2D eigenvalue weighted by Gasteiger charge is 2.27. The van der Waals surface area contributed by atoms with Crippen molar-refractivity contribution in [1.29, 1.82) is 0 Å². The maximum absolute atomic E-state index is 12.5. The van der Waals surface area contributed by atoms with Crippen LogP contribution in [0.5, 0.6) is 0 Å². The zero-order chi connectivity index (χ0) is 24.1. The van der Waals surface area contributed by atoms with Gasteiger partial charge >= 0.3 is 5.97 Å². The number of nitrogens with zero attached hydrogens (tertiary/aromatic N) is 1. The largest absolute Gasteiger partial charge is 0.480 e. The van der Waals surface area contributed by atoms with E-state index in [9.17, 15) is 24.3 Å². The van der Waals surface area contributed by atoms with Crippen molar-refractivity contribution in [2.24, 2.45) is 28.1 Å². The molecule has 0 aromatic heterocycles. The van der Waals surface area contributed by atoms with Gasteiger partial charge in [0.15, 0.2) is 12.0 Å². The summed E-state index contributed by atoms with van der Waals surface area (Å²) in [5.41, 5.74) is 16.4. The molecule has 0 aromatic rings. The fourth-order valence-corrected chi connectivity index (χ4v) is 2.46. The number of nitrogens with one attached hydrogen (secondary N) is 3. The van der Waals surface area contributed by atoms with Crippen molar-refractivity contribution in [3.63, 3.8) is 0 Å². The summed E-state index contributed by atoms with van der Waals surface area (Å²) in [7, 11) is 0. The van der Waals surface area contributed by atoms with Crippen molar-refractivity contribution in [2.45, 2.75) is 64.3 Å². The summed E-state index contributed by atoms with van der Waals surface area (Å²) in [5, 5.41) is 25.4. The first-order valence-electron chi connectivity index (χ1n) is 9.99. The molecule has 0 bridgehead atoms. The predicted octanol–water partition coefficient (Wildman–Crippen LogP) is -3.04. The number of rotatable bonds is 14. The highest BCUT2D eigenvalue weighted by Crippen LogP contribution is 2.07. The molecule has 0 aliphatic rings. The maximum Gasteiger partial charge on any atom is 0.328 e. The number of aliphatic hydroxyl groups excluding tert-OH is 1. The lowest BCUT2D eigenvalue weighted by Crippen LogP contribution is -2.55. The molecule has 13 nitrogen and oxygen atoms in total. The number of carboxylic acid groups (broad SMARTS) is 1. The Balaban J connectivity index is 5.02. The van der Waals surface area contributed by atoms with Gasteiger partial charge in [-0.2, -0.15) is 0 Å². The quantitative estimate of drug-likeness (QED) is 0.0769. The fraction of sp³-hybridized carbons (Fsp3) is 0.722. The van der Waals surface area contributed by atoms with Gasteiger partial charge in [0.05, 0.1) is 18.7 Å². The number of carboxylic acids is 1. The zero-order valence-electron chi connectivity index (χ0n) is 18.1. The van der Waals surface area contributed by atoms with Gasteiger partial charge in [-0.25, -0.2) is 4.79 Å². The molecular weight excluding hydrogens is 410 g/mol. The van der Waals surface area contributed by atoms with Crippen LogP contribution in [-0.4, -0.2) is 77.2 Å². The van der Waals surface area contributed by atoms with Crippen LogP contribution in [0.15, 0.2) is 4.99 Å². The second kappa shape index (κ2) is 14.1. The predicted molar refractivity (Wildman–Crippen MR) is 114 cm³/mol. The lowest BCUT2D eigenvalue weighted by Gasteiger charge is -2.23. The molecule has 0 saturated carbocycles. The highest BCUT2D eigenvalue weighted by molar-refractivity contribution is 5.92. The Morgan fingerprint density at radius 2 is 1.68 bits per heavy atom. The summed E-state index contributed by atoms with van der Waals surface area (Å²) in [6, 6.07) is -3.34. The molecule has 0 rings (SSSR count). The van der Waals surface area contributed by atoms with Crippen LogP contribution in [0, 0.1) is 5.92 Å². The molecule has 0 aromatic carbocycles. The van der Waals surface area contributed by atoms with Gasteiger partial charge in [-0.15, -0.1) is 0 Å². The molecule has 0 heterocycles. The molecule has 0 spiro atoms. The molecule has 0 saturated heterocycles. The van der Waals surface area contributed by atoms with E-state index in [4.69, 9.17) is 22.3 Å². The number of nitrogens with two attached hydrogens (primary N) is 3. The van der Waals surface area contributed by atoms with Crippen molar-refractivity contribution < 1.29 is 29.4 Å². The van der Waals surface area contributed by atoms with Crippen molar-refractivity contribution in [1.82, 2.24) is 16.0 Å². The smallest absolute Gasteiger partial charge is 0.328 e. The number of aliphatic carboxylic acids is 1. The molecule has 5 unspecified atom stereocenters. The molecule has 3 amide bonds. The van der Waals surface area contributed by atoms with Crippen LogP contribution in [-0.2, 0) is 19.2 Å². The summed E-state index contributed by atoms with van der Waals surface area (Å²) in [4.78, 5) is 51.7. The third-order valence-electron chi connectivity index (χ3n) is 4.63. The topological polar surface area (TPSA) is 235 Å². The van der Waals surface area contributed by atoms with Crippen molar-refractivity contribution in [3.05, 3.63) is 0 Å². The van der Waals surface area contributed by atoms with E-state index in [1.807, 2.05) is 13.8 Å². The minimum atomic E-state index is -1.52. The van der Waals surface area contributed by atoms with Crippen LogP contribution in [0.25, 0.3) is 0 Å². The lowest BCUT2D eigenvalue weighted by molar-refractivity contribution is -0.144. The molecule has 0 radical (unpaired) electrons. The van der Waals surface area contributed by atoms with E-state index in [2.05, 4.69) is 20.9 Å². The summed E-state index contributed by atoms with van der Waals surface area (Å²) < 4.78 is 0. The molecule has 0 aliphatic heterocycles. The lowest BCUT2D eigenvalue weighted by atomic mass is 9.98. The summed E-state index contributed by atoms with van der Waals surface area (Å²) in [6.45, 7) is 4.58. The molecule has 31 heavy (non-hydrogen) atoms. The van der Waals surface area contributed by atoms with Crippen LogP contribution < -0.4 is 33.2 Å². The van der Waals surface area contributed by atoms with E-state index in [-0.39, 0.29) is 24.8 Å². The number of hydrogen-bond acceptors (Lipinski definition) is 7. The Labute approximate surface area is 181 Å². The van der Waals surface area contributed by atoms with Crippen LogP contribution in [0.3, 0.4) is 0 Å². The number of carbonyl (C=O) groups is 4. The van der Waals surface area contributed by atoms with Crippen LogP contribution in [0.2, 0.25) is 0 Å². The van der Waals surface area contributed by atoms with Gasteiger partial charge in [-0.05, 0) is 25.7 Å². The molecule has 13 heteroatoms. The van der Waals surface area contributed by atoms with E-state index >= 15 is 0 Å². The average Bonchev–Trinajstić information content (AvgIpc) is 2.70. The Morgan fingerprint density at radius 1 is 1.06 bits per heavy atom. The van der Waals surface area contributed by atoms with E-state index < -0.39 is 54.5 Å². The van der Waals surface area contributed by atoms with Gasteiger partial charge in [-0.1, -0.05) is 20.3 Å². The molecule has 0 fully saturated rings. The first kappa shape index (κ1) is 28.1. The van der Waals surface area contributed by atoms with Crippen molar-refractivity contribution in [2.75, 3.05) is 13.1 Å². The second-order valence-corrected chi connectivity index (χ2v) is 7.26. The first-order valence-corrected chi connectivity index (χ1v) is 9.99. The van der Waals surface area contributed by atoms with Crippen molar-refractivity contribution in [3.8, 4) is 0 Å². The minimum Gasteiger partial charge on any atom is -0.480 e. The van der Waals surface area contributed by atoms with Crippen molar-refractivity contribution >= 4 is 29.7 Å².